The van der Waals surface area contributed by atoms with E-state index in [0.29, 0.717) is 13.0 Å². The highest BCUT2D eigenvalue weighted by Gasteiger charge is 2.20. The van der Waals surface area contributed by atoms with Gasteiger partial charge in [-0.15, -0.1) is 0 Å². The summed E-state index contributed by atoms with van der Waals surface area (Å²) >= 11 is 0. The van der Waals surface area contributed by atoms with E-state index in [2.05, 4.69) is 11.7 Å². The van der Waals surface area contributed by atoms with Gasteiger partial charge < -0.3 is 4.74 Å². The van der Waals surface area contributed by atoms with Crippen LogP contribution in [0.1, 0.15) is 13.3 Å². The maximum atomic E-state index is 11.9. The van der Waals surface area contributed by atoms with Crippen LogP contribution in [0.4, 0.5) is 8.78 Å². The minimum atomic E-state index is -2.70. The first-order valence-electron chi connectivity index (χ1n) is 2.81. The minimum Gasteiger partial charge on any atom is -0.375 e. The summed E-state index contributed by atoms with van der Waals surface area (Å²) < 4.78 is 28.3. The number of rotatable bonds is 4. The average Bonchev–Trinajstić information content (AvgIpc) is 1.63. The summed E-state index contributed by atoms with van der Waals surface area (Å²) in [6.07, 6.45) is 0.538. The summed E-state index contributed by atoms with van der Waals surface area (Å²) in [5.41, 5.74) is 0. The van der Waals surface area contributed by atoms with Crippen LogP contribution in [0, 0.1) is 6.92 Å². The normalized spacial score (nSPS) is 12.0. The summed E-state index contributed by atoms with van der Waals surface area (Å²) in [7, 11) is 0. The van der Waals surface area contributed by atoms with Gasteiger partial charge in [0.05, 0.1) is 0 Å². The first kappa shape index (κ1) is 8.82. The van der Waals surface area contributed by atoms with Crippen molar-refractivity contribution in [3.63, 3.8) is 0 Å². The van der Waals surface area contributed by atoms with Gasteiger partial charge in [0.2, 0.25) is 0 Å². The van der Waals surface area contributed by atoms with Crippen molar-refractivity contribution < 1.29 is 13.5 Å². The molecule has 3 heteroatoms. The molecule has 0 rings (SSSR count). The predicted molar refractivity (Wildman–Crippen MR) is 31.4 cm³/mol. The van der Waals surface area contributed by atoms with Crippen LogP contribution < -0.4 is 0 Å². The van der Waals surface area contributed by atoms with Crippen molar-refractivity contribution in [1.82, 2.24) is 0 Å². The molecule has 0 aliphatic heterocycles. The van der Waals surface area contributed by atoms with Crippen LogP contribution in [-0.4, -0.2) is 19.1 Å². The zero-order valence-corrected chi connectivity index (χ0v) is 5.49. The van der Waals surface area contributed by atoms with Gasteiger partial charge in [-0.3, -0.25) is 0 Å². The number of hydrogen-bond donors (Lipinski definition) is 0. The Morgan fingerprint density at radius 3 is 2.44 bits per heavy atom. The molecule has 55 valence electrons. The quantitative estimate of drug-likeness (QED) is 0.537. The molecule has 0 aliphatic rings. The Morgan fingerprint density at radius 2 is 2.11 bits per heavy atom. The third-order valence-corrected chi connectivity index (χ3v) is 0.644. The van der Waals surface area contributed by atoms with Crippen LogP contribution in [0.5, 0.6) is 0 Å². The Labute approximate surface area is 54.0 Å². The lowest BCUT2D eigenvalue weighted by molar-refractivity contribution is -0.0614. The summed E-state index contributed by atoms with van der Waals surface area (Å²) in [4.78, 5) is 0. The van der Waals surface area contributed by atoms with Gasteiger partial charge in [-0.1, -0.05) is 6.92 Å². The molecule has 0 N–H and O–H groups in total. The number of halogens is 2. The van der Waals surface area contributed by atoms with Gasteiger partial charge >= 0.3 is 0 Å². The van der Waals surface area contributed by atoms with Crippen molar-refractivity contribution in [2.24, 2.45) is 0 Å². The van der Waals surface area contributed by atoms with E-state index in [0.717, 1.165) is 6.92 Å². The van der Waals surface area contributed by atoms with E-state index >= 15 is 0 Å². The van der Waals surface area contributed by atoms with Gasteiger partial charge in [0.25, 0.3) is 5.92 Å². The standard InChI is InChI=1S/C6H11F2O/c1-3-4-9-5-6(2,7)8/h1,3-5H2,2H3. The highest BCUT2D eigenvalue weighted by atomic mass is 19.3. The molecular weight excluding hydrogens is 126 g/mol. The second-order valence-electron chi connectivity index (χ2n) is 1.98. The molecule has 0 amide bonds. The Morgan fingerprint density at radius 1 is 1.56 bits per heavy atom. The average molecular weight is 137 g/mol. The molecule has 0 aromatic rings. The predicted octanol–water partition coefficient (Wildman–Crippen LogP) is 1.88. The number of ether oxygens (including phenoxy) is 1. The Bertz CT molecular complexity index is 67.9. The lowest BCUT2D eigenvalue weighted by Crippen LogP contribution is -2.18. The number of alkyl halides is 2. The van der Waals surface area contributed by atoms with E-state index in [1.165, 1.54) is 0 Å². The molecule has 0 spiro atoms. The summed E-state index contributed by atoms with van der Waals surface area (Å²) in [5, 5.41) is 0. The van der Waals surface area contributed by atoms with E-state index in [9.17, 15) is 8.78 Å². The molecule has 9 heavy (non-hydrogen) atoms. The zero-order valence-electron chi connectivity index (χ0n) is 5.49. The fourth-order valence-electron chi connectivity index (χ4n) is 0.353. The lowest BCUT2D eigenvalue weighted by Gasteiger charge is -2.08. The van der Waals surface area contributed by atoms with Crippen LogP contribution in [0.3, 0.4) is 0 Å². The second kappa shape index (κ2) is 3.77. The highest BCUT2D eigenvalue weighted by Crippen LogP contribution is 2.10. The fourth-order valence-corrected chi connectivity index (χ4v) is 0.353. The largest absolute Gasteiger partial charge is 0.375 e. The van der Waals surface area contributed by atoms with Crippen LogP contribution in [0.2, 0.25) is 0 Å². The first-order valence-corrected chi connectivity index (χ1v) is 2.81. The first-order chi connectivity index (χ1) is 4.06. The molecule has 0 heterocycles. The topological polar surface area (TPSA) is 9.23 Å². The molecule has 0 unspecified atom stereocenters. The van der Waals surface area contributed by atoms with Gasteiger partial charge in [-0.05, 0) is 6.42 Å². The Balaban J connectivity index is 3.07. The molecule has 0 atom stereocenters. The van der Waals surface area contributed by atoms with Crippen molar-refractivity contribution in [1.29, 1.82) is 0 Å². The molecule has 0 saturated heterocycles. The van der Waals surface area contributed by atoms with Crippen LogP contribution >= 0.6 is 0 Å². The molecule has 0 aromatic carbocycles. The number of hydrogen-bond acceptors (Lipinski definition) is 1. The van der Waals surface area contributed by atoms with Gasteiger partial charge in [0.1, 0.15) is 6.61 Å². The molecule has 1 radical (unpaired) electrons. The maximum absolute atomic E-state index is 11.9. The molecular formula is C6H11F2O. The van der Waals surface area contributed by atoms with E-state index in [1.54, 1.807) is 0 Å². The summed E-state index contributed by atoms with van der Waals surface area (Å²) in [5.74, 6) is -2.70. The molecule has 0 saturated carbocycles. The van der Waals surface area contributed by atoms with E-state index in [-0.39, 0.29) is 0 Å². The van der Waals surface area contributed by atoms with Crippen molar-refractivity contribution in [2.75, 3.05) is 13.2 Å². The van der Waals surface area contributed by atoms with E-state index in [4.69, 9.17) is 0 Å². The Hall–Kier alpha value is -0.180. The summed E-state index contributed by atoms with van der Waals surface area (Å²) in [6.45, 7) is 4.08. The molecule has 0 bridgehead atoms. The van der Waals surface area contributed by atoms with Gasteiger partial charge in [0.15, 0.2) is 0 Å². The Kier molecular flexibility index (Phi) is 3.70. The van der Waals surface area contributed by atoms with Crippen molar-refractivity contribution in [3.05, 3.63) is 6.92 Å². The maximum Gasteiger partial charge on any atom is 0.268 e. The molecule has 0 aromatic heterocycles. The van der Waals surface area contributed by atoms with Crippen LogP contribution in [0.15, 0.2) is 0 Å². The van der Waals surface area contributed by atoms with Gasteiger partial charge in [-0.2, -0.15) is 0 Å². The smallest absolute Gasteiger partial charge is 0.268 e. The highest BCUT2D eigenvalue weighted by molar-refractivity contribution is 4.54. The van der Waals surface area contributed by atoms with Crippen LogP contribution in [0.25, 0.3) is 0 Å². The van der Waals surface area contributed by atoms with Gasteiger partial charge in [0, 0.05) is 13.5 Å². The van der Waals surface area contributed by atoms with Crippen LogP contribution in [-0.2, 0) is 4.74 Å². The second-order valence-corrected chi connectivity index (χ2v) is 1.98. The third kappa shape index (κ3) is 7.82. The fraction of sp³-hybridized carbons (Fsp3) is 0.833. The monoisotopic (exact) mass is 137 g/mol. The molecule has 0 fully saturated rings. The van der Waals surface area contributed by atoms with E-state index < -0.39 is 12.5 Å². The van der Waals surface area contributed by atoms with Crippen molar-refractivity contribution >= 4 is 0 Å². The summed E-state index contributed by atoms with van der Waals surface area (Å²) in [6, 6.07) is 0. The minimum absolute atomic E-state index is 0.309. The van der Waals surface area contributed by atoms with Gasteiger partial charge in [-0.25, -0.2) is 8.78 Å². The zero-order chi connectivity index (χ0) is 7.33. The van der Waals surface area contributed by atoms with Crippen molar-refractivity contribution in [3.8, 4) is 0 Å². The van der Waals surface area contributed by atoms with E-state index in [1.807, 2.05) is 0 Å². The molecule has 1 nitrogen and oxygen atoms in total. The lowest BCUT2D eigenvalue weighted by atomic mass is 10.4. The third-order valence-electron chi connectivity index (χ3n) is 0.644. The molecule has 0 aliphatic carbocycles. The van der Waals surface area contributed by atoms with Crippen molar-refractivity contribution in [2.45, 2.75) is 19.3 Å². The SMILES string of the molecule is [CH2]CCOCC(C)(F)F.